The quantitative estimate of drug-likeness (QED) is 0.838. The van der Waals surface area contributed by atoms with Crippen molar-refractivity contribution < 1.29 is 4.79 Å². The molecule has 1 fully saturated rings. The Hall–Kier alpha value is -1.16. The highest BCUT2D eigenvalue weighted by atomic mass is 16.1. The van der Waals surface area contributed by atoms with Gasteiger partial charge in [-0.3, -0.25) is 9.48 Å². The largest absolute Gasteiger partial charge is 0.305 e. The highest BCUT2D eigenvalue weighted by Crippen LogP contribution is 2.27. The molecule has 2 heterocycles. The predicted molar refractivity (Wildman–Crippen MR) is 71.5 cm³/mol. The fourth-order valence-corrected chi connectivity index (χ4v) is 2.85. The summed E-state index contributed by atoms with van der Waals surface area (Å²) in [6.45, 7) is 6.02. The molecule has 1 N–H and O–H groups in total. The Morgan fingerprint density at radius 1 is 1.56 bits per heavy atom. The Bertz CT molecular complexity index is 405. The Morgan fingerprint density at radius 3 is 2.94 bits per heavy atom. The van der Waals surface area contributed by atoms with Crippen molar-refractivity contribution in [3.8, 4) is 0 Å². The van der Waals surface area contributed by atoms with Crippen LogP contribution in [-0.4, -0.2) is 27.6 Å². The summed E-state index contributed by atoms with van der Waals surface area (Å²) in [5.74, 6) is 0.331. The normalized spacial score (nSPS) is 23.4. The molecule has 1 unspecified atom stereocenters. The van der Waals surface area contributed by atoms with E-state index in [2.05, 4.69) is 24.3 Å². The zero-order chi connectivity index (χ0) is 13.0. The van der Waals surface area contributed by atoms with E-state index in [4.69, 9.17) is 0 Å². The zero-order valence-electron chi connectivity index (χ0n) is 11.4. The maximum atomic E-state index is 12.5. The van der Waals surface area contributed by atoms with Gasteiger partial charge < -0.3 is 5.32 Å². The molecule has 100 valence electrons. The lowest BCUT2D eigenvalue weighted by molar-refractivity contribution is -0.124. The Morgan fingerprint density at radius 2 is 2.39 bits per heavy atom. The van der Waals surface area contributed by atoms with Crippen LogP contribution >= 0.6 is 0 Å². The van der Waals surface area contributed by atoms with Gasteiger partial charge in [-0.25, -0.2) is 0 Å². The van der Waals surface area contributed by atoms with E-state index in [9.17, 15) is 4.79 Å². The molecule has 4 nitrogen and oxygen atoms in total. The van der Waals surface area contributed by atoms with Crippen LogP contribution in [0, 0.1) is 0 Å². The van der Waals surface area contributed by atoms with E-state index in [1.165, 1.54) is 0 Å². The van der Waals surface area contributed by atoms with Crippen molar-refractivity contribution in [1.29, 1.82) is 0 Å². The summed E-state index contributed by atoms with van der Waals surface area (Å²) in [7, 11) is 0. The minimum atomic E-state index is -0.261. The number of hydrogen-bond acceptors (Lipinski definition) is 3. The van der Waals surface area contributed by atoms with E-state index in [1.807, 2.05) is 17.1 Å². The van der Waals surface area contributed by atoms with Crippen molar-refractivity contribution in [2.45, 2.75) is 58.0 Å². The minimum absolute atomic E-state index is 0.261. The van der Waals surface area contributed by atoms with Gasteiger partial charge in [0, 0.05) is 19.2 Å². The molecule has 0 spiro atoms. The maximum Gasteiger partial charge on any atom is 0.157 e. The van der Waals surface area contributed by atoms with E-state index in [0.29, 0.717) is 12.2 Å². The van der Waals surface area contributed by atoms with E-state index in [-0.39, 0.29) is 5.54 Å². The standard InChI is InChI=1S/C14H23N3O/c1-3-6-14(7-5-8-15-14)13(18)9-12-10-16-17(4-2)11-12/h10-11,15H,3-9H2,1-2H3. The summed E-state index contributed by atoms with van der Waals surface area (Å²) >= 11 is 0. The smallest absolute Gasteiger partial charge is 0.157 e. The number of Topliss-reactive ketones (excluding diaryl/α,β-unsaturated/α-hetero) is 1. The highest BCUT2D eigenvalue weighted by molar-refractivity contribution is 5.90. The molecule has 4 heteroatoms. The molecule has 0 aromatic carbocycles. The Labute approximate surface area is 109 Å². The van der Waals surface area contributed by atoms with Gasteiger partial charge in [-0.2, -0.15) is 5.10 Å². The molecular weight excluding hydrogens is 226 g/mol. The summed E-state index contributed by atoms with van der Waals surface area (Å²) in [5.41, 5.74) is 0.773. The van der Waals surface area contributed by atoms with Crippen LogP contribution < -0.4 is 5.32 Å². The van der Waals surface area contributed by atoms with Crippen LogP contribution in [0.3, 0.4) is 0 Å². The molecule has 0 bridgehead atoms. The van der Waals surface area contributed by atoms with Gasteiger partial charge >= 0.3 is 0 Å². The van der Waals surface area contributed by atoms with Gasteiger partial charge in [0.25, 0.3) is 0 Å². The average Bonchev–Trinajstić information content (AvgIpc) is 2.99. The monoisotopic (exact) mass is 249 g/mol. The third-order valence-corrected chi connectivity index (χ3v) is 3.83. The first-order chi connectivity index (χ1) is 8.70. The number of hydrogen-bond donors (Lipinski definition) is 1. The molecule has 0 saturated carbocycles. The zero-order valence-corrected chi connectivity index (χ0v) is 11.4. The summed E-state index contributed by atoms with van der Waals surface area (Å²) < 4.78 is 1.87. The van der Waals surface area contributed by atoms with Crippen LogP contribution in [0.15, 0.2) is 12.4 Å². The molecule has 1 saturated heterocycles. The number of aromatic nitrogens is 2. The molecule has 0 radical (unpaired) electrons. The number of nitrogens with zero attached hydrogens (tertiary/aromatic N) is 2. The van der Waals surface area contributed by atoms with Crippen LogP contribution in [0.1, 0.15) is 45.1 Å². The maximum absolute atomic E-state index is 12.5. The van der Waals surface area contributed by atoms with E-state index in [1.54, 1.807) is 0 Å². The van der Waals surface area contributed by atoms with Gasteiger partial charge in [-0.05, 0) is 38.3 Å². The lowest BCUT2D eigenvalue weighted by Crippen LogP contribution is -2.48. The van der Waals surface area contributed by atoms with Gasteiger partial charge in [0.05, 0.1) is 11.7 Å². The molecule has 0 aliphatic carbocycles. The lowest BCUT2D eigenvalue weighted by Gasteiger charge is -2.27. The van der Waals surface area contributed by atoms with Gasteiger partial charge in [0.15, 0.2) is 5.78 Å². The second kappa shape index (κ2) is 5.65. The summed E-state index contributed by atoms with van der Waals surface area (Å²) in [6.07, 6.45) is 8.40. The molecule has 1 aromatic rings. The number of nitrogens with one attached hydrogen (secondary N) is 1. The fourth-order valence-electron chi connectivity index (χ4n) is 2.85. The van der Waals surface area contributed by atoms with Crippen molar-refractivity contribution in [2.75, 3.05) is 6.54 Å². The van der Waals surface area contributed by atoms with Crippen LogP contribution in [0.5, 0.6) is 0 Å². The first-order valence-electron chi connectivity index (χ1n) is 7.00. The third kappa shape index (κ3) is 2.64. The molecule has 1 atom stereocenters. The van der Waals surface area contributed by atoms with Crippen LogP contribution in [-0.2, 0) is 17.8 Å². The first-order valence-corrected chi connectivity index (χ1v) is 7.00. The number of aryl methyl sites for hydroxylation is 1. The summed E-state index contributed by atoms with van der Waals surface area (Å²) in [6, 6.07) is 0. The van der Waals surface area contributed by atoms with Crippen molar-refractivity contribution in [3.63, 3.8) is 0 Å². The molecule has 1 aliphatic rings. The topological polar surface area (TPSA) is 46.9 Å². The van der Waals surface area contributed by atoms with Gasteiger partial charge in [-0.1, -0.05) is 13.3 Å². The molecule has 2 rings (SSSR count). The first kappa shape index (κ1) is 13.3. The summed E-state index contributed by atoms with van der Waals surface area (Å²) in [5, 5.41) is 7.66. The van der Waals surface area contributed by atoms with Crippen molar-refractivity contribution in [1.82, 2.24) is 15.1 Å². The average molecular weight is 249 g/mol. The van der Waals surface area contributed by atoms with Crippen LogP contribution in [0.2, 0.25) is 0 Å². The second-order valence-corrected chi connectivity index (χ2v) is 5.17. The Balaban J connectivity index is 2.05. The van der Waals surface area contributed by atoms with Gasteiger partial charge in [0.2, 0.25) is 0 Å². The molecule has 18 heavy (non-hydrogen) atoms. The number of ketones is 1. The fraction of sp³-hybridized carbons (Fsp3) is 0.714. The Kier molecular flexibility index (Phi) is 4.17. The number of carbonyl (C=O) groups excluding carboxylic acids is 1. The lowest BCUT2D eigenvalue weighted by atomic mass is 9.85. The number of carbonyl (C=O) groups is 1. The molecule has 1 aromatic heterocycles. The minimum Gasteiger partial charge on any atom is -0.305 e. The summed E-state index contributed by atoms with van der Waals surface area (Å²) in [4.78, 5) is 12.5. The van der Waals surface area contributed by atoms with Gasteiger partial charge in [0.1, 0.15) is 0 Å². The molecule has 0 amide bonds. The highest BCUT2D eigenvalue weighted by Gasteiger charge is 2.39. The van der Waals surface area contributed by atoms with E-state index in [0.717, 1.165) is 44.3 Å². The van der Waals surface area contributed by atoms with Crippen molar-refractivity contribution in [3.05, 3.63) is 18.0 Å². The van der Waals surface area contributed by atoms with E-state index < -0.39 is 0 Å². The predicted octanol–water partition coefficient (Wildman–Crippen LogP) is 1.94. The second-order valence-electron chi connectivity index (χ2n) is 5.17. The van der Waals surface area contributed by atoms with E-state index >= 15 is 0 Å². The van der Waals surface area contributed by atoms with Crippen molar-refractivity contribution >= 4 is 5.78 Å². The third-order valence-electron chi connectivity index (χ3n) is 3.83. The molecule has 1 aliphatic heterocycles. The molecular formula is C14H23N3O. The van der Waals surface area contributed by atoms with Gasteiger partial charge in [-0.15, -0.1) is 0 Å². The SMILES string of the molecule is CCCC1(C(=O)Cc2cnn(CC)c2)CCCN1. The number of rotatable bonds is 6. The van der Waals surface area contributed by atoms with Crippen LogP contribution in [0.25, 0.3) is 0 Å². The van der Waals surface area contributed by atoms with Crippen molar-refractivity contribution in [2.24, 2.45) is 0 Å². The van der Waals surface area contributed by atoms with Crippen LogP contribution in [0.4, 0.5) is 0 Å².